The number of carbonyl (C=O) groups is 1. The third-order valence-electron chi connectivity index (χ3n) is 3.70. The fraction of sp³-hybridized carbons (Fsp3) is 0.0500. The van der Waals surface area contributed by atoms with E-state index in [1.807, 2.05) is 18.2 Å². The van der Waals surface area contributed by atoms with Crippen LogP contribution in [0.5, 0.6) is 11.5 Å². The first kappa shape index (κ1) is 19.1. The number of ether oxygens (including phenoxy) is 1. The molecule has 0 aliphatic carbocycles. The van der Waals surface area contributed by atoms with Crippen LogP contribution >= 0.6 is 11.6 Å². The van der Waals surface area contributed by atoms with Gasteiger partial charge in [-0.15, -0.1) is 0 Å². The van der Waals surface area contributed by atoms with E-state index in [-0.39, 0.29) is 17.2 Å². The molecule has 3 rings (SSSR count). The van der Waals surface area contributed by atoms with Gasteiger partial charge >= 0.3 is 0 Å². The smallest absolute Gasteiger partial charge is 0.240 e. The third-order valence-corrected chi connectivity index (χ3v) is 5.37. The van der Waals surface area contributed by atoms with Crippen LogP contribution < -0.4 is 9.46 Å². The summed E-state index contributed by atoms with van der Waals surface area (Å²) in [4.78, 5) is 12.1. The van der Waals surface area contributed by atoms with E-state index in [2.05, 4.69) is 4.72 Å². The van der Waals surface area contributed by atoms with Gasteiger partial charge in [-0.05, 0) is 60.7 Å². The second-order valence-electron chi connectivity index (χ2n) is 5.64. The first-order valence-electron chi connectivity index (χ1n) is 8.05. The number of halogens is 1. The molecular formula is C20H16ClNO4S. The highest BCUT2D eigenvalue weighted by Gasteiger charge is 2.16. The average Bonchev–Trinajstić information content (AvgIpc) is 2.68. The Balaban J connectivity index is 1.64. The molecule has 7 heteroatoms. The topological polar surface area (TPSA) is 72.5 Å². The molecule has 0 saturated heterocycles. The highest BCUT2D eigenvalue weighted by atomic mass is 35.5. The van der Waals surface area contributed by atoms with E-state index in [1.165, 1.54) is 12.1 Å². The molecule has 0 fully saturated rings. The van der Waals surface area contributed by atoms with Crippen LogP contribution in [0.4, 0.5) is 0 Å². The van der Waals surface area contributed by atoms with Crippen molar-refractivity contribution in [3.63, 3.8) is 0 Å². The summed E-state index contributed by atoms with van der Waals surface area (Å²) < 4.78 is 32.7. The molecule has 0 saturated carbocycles. The van der Waals surface area contributed by atoms with Crippen LogP contribution in [0.15, 0.2) is 83.8 Å². The molecule has 27 heavy (non-hydrogen) atoms. The van der Waals surface area contributed by atoms with Gasteiger partial charge in [-0.2, -0.15) is 0 Å². The van der Waals surface area contributed by atoms with Gasteiger partial charge in [-0.1, -0.05) is 29.8 Å². The molecule has 3 aromatic carbocycles. The number of ketones is 1. The number of para-hydroxylation sites is 1. The minimum Gasteiger partial charge on any atom is -0.457 e. The molecule has 0 amide bonds. The van der Waals surface area contributed by atoms with Gasteiger partial charge in [-0.3, -0.25) is 4.79 Å². The van der Waals surface area contributed by atoms with Gasteiger partial charge in [-0.25, -0.2) is 13.1 Å². The van der Waals surface area contributed by atoms with Crippen LogP contribution in [0.2, 0.25) is 5.02 Å². The van der Waals surface area contributed by atoms with Crippen LogP contribution in [-0.4, -0.2) is 20.7 Å². The first-order chi connectivity index (χ1) is 12.9. The number of sulfonamides is 1. The van der Waals surface area contributed by atoms with Crippen LogP contribution in [0.25, 0.3) is 0 Å². The Morgan fingerprint density at radius 2 is 1.44 bits per heavy atom. The predicted molar refractivity (Wildman–Crippen MR) is 104 cm³/mol. The Morgan fingerprint density at radius 3 is 2.07 bits per heavy atom. The molecule has 3 aromatic rings. The van der Waals surface area contributed by atoms with Crippen LogP contribution in [0.3, 0.4) is 0 Å². The van der Waals surface area contributed by atoms with E-state index in [0.29, 0.717) is 22.1 Å². The number of hydrogen-bond acceptors (Lipinski definition) is 4. The molecule has 0 aliphatic heterocycles. The molecular weight excluding hydrogens is 386 g/mol. The molecule has 5 nitrogen and oxygen atoms in total. The molecule has 138 valence electrons. The standard InChI is InChI=1S/C20H16ClNO4S/c21-16-8-6-15(7-9-16)20(23)14-22-27(24,25)19-12-10-18(11-13-19)26-17-4-2-1-3-5-17/h1-13,22H,14H2. The largest absolute Gasteiger partial charge is 0.457 e. The van der Waals surface area contributed by atoms with Gasteiger partial charge in [0.05, 0.1) is 11.4 Å². The van der Waals surface area contributed by atoms with Gasteiger partial charge in [0.2, 0.25) is 10.0 Å². The Morgan fingerprint density at radius 1 is 0.852 bits per heavy atom. The van der Waals surface area contributed by atoms with Gasteiger partial charge in [0.15, 0.2) is 5.78 Å². The lowest BCUT2D eigenvalue weighted by Crippen LogP contribution is -2.29. The molecule has 0 spiro atoms. The number of hydrogen-bond donors (Lipinski definition) is 1. The number of Topliss-reactive ketones (excluding diaryl/α,β-unsaturated/α-hetero) is 1. The Kier molecular flexibility index (Phi) is 5.91. The second kappa shape index (κ2) is 8.35. The van der Waals surface area contributed by atoms with Crippen LogP contribution in [0, 0.1) is 0 Å². The summed E-state index contributed by atoms with van der Waals surface area (Å²) in [6.07, 6.45) is 0. The first-order valence-corrected chi connectivity index (χ1v) is 9.91. The van der Waals surface area contributed by atoms with Crippen molar-refractivity contribution in [2.45, 2.75) is 4.90 Å². The van der Waals surface area contributed by atoms with Crippen molar-refractivity contribution in [3.05, 3.63) is 89.4 Å². The summed E-state index contributed by atoms with van der Waals surface area (Å²) in [6.45, 7) is -0.341. The lowest BCUT2D eigenvalue weighted by atomic mass is 10.1. The number of rotatable bonds is 7. The minimum atomic E-state index is -3.81. The van der Waals surface area contributed by atoms with E-state index in [4.69, 9.17) is 16.3 Å². The Hall–Kier alpha value is -2.67. The van der Waals surface area contributed by atoms with Crippen molar-refractivity contribution in [2.24, 2.45) is 0 Å². The van der Waals surface area contributed by atoms with Gasteiger partial charge in [0, 0.05) is 10.6 Å². The maximum absolute atomic E-state index is 12.4. The monoisotopic (exact) mass is 401 g/mol. The number of nitrogens with one attached hydrogen (secondary N) is 1. The molecule has 0 atom stereocenters. The van der Waals surface area contributed by atoms with E-state index in [9.17, 15) is 13.2 Å². The maximum Gasteiger partial charge on any atom is 0.240 e. The minimum absolute atomic E-state index is 0.0480. The average molecular weight is 402 g/mol. The zero-order valence-corrected chi connectivity index (χ0v) is 15.7. The van der Waals surface area contributed by atoms with E-state index < -0.39 is 10.0 Å². The quantitative estimate of drug-likeness (QED) is 0.599. The molecule has 1 N–H and O–H groups in total. The molecule has 0 unspecified atom stereocenters. The summed E-state index contributed by atoms with van der Waals surface area (Å²) in [5.41, 5.74) is 0.383. The van der Waals surface area contributed by atoms with E-state index >= 15 is 0 Å². The highest BCUT2D eigenvalue weighted by Crippen LogP contribution is 2.22. The van der Waals surface area contributed by atoms with Crippen molar-refractivity contribution in [1.29, 1.82) is 0 Å². The normalized spacial score (nSPS) is 11.1. The van der Waals surface area contributed by atoms with E-state index in [0.717, 1.165) is 0 Å². The van der Waals surface area contributed by atoms with Crippen molar-refractivity contribution >= 4 is 27.4 Å². The zero-order valence-electron chi connectivity index (χ0n) is 14.1. The lowest BCUT2D eigenvalue weighted by molar-refractivity contribution is 0.0997. The number of benzene rings is 3. The van der Waals surface area contributed by atoms with Gasteiger partial charge in [0.25, 0.3) is 0 Å². The van der Waals surface area contributed by atoms with Crippen molar-refractivity contribution < 1.29 is 17.9 Å². The summed E-state index contributed by atoms with van der Waals surface area (Å²) in [5.74, 6) is 0.816. The zero-order chi connectivity index (χ0) is 19.3. The lowest BCUT2D eigenvalue weighted by Gasteiger charge is -2.08. The molecule has 0 aromatic heterocycles. The molecule has 0 heterocycles. The SMILES string of the molecule is O=C(CNS(=O)(=O)c1ccc(Oc2ccccc2)cc1)c1ccc(Cl)cc1. The maximum atomic E-state index is 12.4. The Labute approximate surface area is 162 Å². The van der Waals surface area contributed by atoms with Gasteiger partial charge in [0.1, 0.15) is 11.5 Å². The Bertz CT molecular complexity index is 1020. The summed E-state index contributed by atoms with van der Waals surface area (Å²) in [7, 11) is -3.81. The fourth-order valence-corrected chi connectivity index (χ4v) is 3.40. The molecule has 0 radical (unpaired) electrons. The molecule has 0 aliphatic rings. The number of carbonyl (C=O) groups excluding carboxylic acids is 1. The van der Waals surface area contributed by atoms with Crippen molar-refractivity contribution in [2.75, 3.05) is 6.54 Å². The molecule has 0 bridgehead atoms. The van der Waals surface area contributed by atoms with Crippen LogP contribution in [-0.2, 0) is 10.0 Å². The third kappa shape index (κ3) is 5.17. The van der Waals surface area contributed by atoms with Crippen LogP contribution in [0.1, 0.15) is 10.4 Å². The summed E-state index contributed by atoms with van der Waals surface area (Å²) in [5, 5.41) is 0.505. The van der Waals surface area contributed by atoms with Crippen molar-refractivity contribution in [3.8, 4) is 11.5 Å². The summed E-state index contributed by atoms with van der Waals surface area (Å²) >= 11 is 5.78. The summed E-state index contributed by atoms with van der Waals surface area (Å²) in [6, 6.07) is 21.4. The predicted octanol–water partition coefficient (Wildman–Crippen LogP) is 4.29. The fourth-order valence-electron chi connectivity index (χ4n) is 2.29. The van der Waals surface area contributed by atoms with Crippen molar-refractivity contribution in [1.82, 2.24) is 4.72 Å². The highest BCUT2D eigenvalue weighted by molar-refractivity contribution is 7.89. The van der Waals surface area contributed by atoms with Gasteiger partial charge < -0.3 is 4.74 Å². The second-order valence-corrected chi connectivity index (χ2v) is 7.84. The van der Waals surface area contributed by atoms with E-state index in [1.54, 1.807) is 48.5 Å².